The fourth-order valence-electron chi connectivity index (χ4n) is 1.52. The lowest BCUT2D eigenvalue weighted by Gasteiger charge is -2.14. The highest BCUT2D eigenvalue weighted by Crippen LogP contribution is 2.04. The first-order valence-corrected chi connectivity index (χ1v) is 6.91. The number of carbonyl (C=O) groups excluding carboxylic acids is 1. The highest BCUT2D eigenvalue weighted by molar-refractivity contribution is 14.0. The monoisotopic (exact) mass is 416 g/mol. The average Bonchev–Trinajstić information content (AvgIpc) is 2.47. The van der Waals surface area contributed by atoms with E-state index in [1.165, 1.54) is 10.5 Å². The predicted molar refractivity (Wildman–Crippen MR) is 103 cm³/mol. The number of halogens is 1. The SMILES string of the molecule is C=CCNC(=NCc1ccc(C)cc1)NCC(=O)N(C)C.I. The molecule has 0 aromatic heterocycles. The molecule has 122 valence electrons. The van der Waals surface area contributed by atoms with Crippen LogP contribution in [-0.4, -0.2) is 44.0 Å². The van der Waals surface area contributed by atoms with Crippen molar-refractivity contribution in [2.75, 3.05) is 27.2 Å². The number of likely N-dealkylation sites (N-methyl/N-ethyl adjacent to an activating group) is 1. The smallest absolute Gasteiger partial charge is 0.241 e. The highest BCUT2D eigenvalue weighted by atomic mass is 127. The van der Waals surface area contributed by atoms with Gasteiger partial charge < -0.3 is 15.5 Å². The van der Waals surface area contributed by atoms with Crippen molar-refractivity contribution in [1.82, 2.24) is 15.5 Å². The van der Waals surface area contributed by atoms with Crippen molar-refractivity contribution >= 4 is 35.8 Å². The molecule has 22 heavy (non-hydrogen) atoms. The van der Waals surface area contributed by atoms with Gasteiger partial charge in [-0.05, 0) is 12.5 Å². The maximum atomic E-state index is 11.6. The second-order valence-corrected chi connectivity index (χ2v) is 4.96. The highest BCUT2D eigenvalue weighted by Gasteiger charge is 2.05. The molecule has 0 spiro atoms. The first-order valence-electron chi connectivity index (χ1n) is 6.91. The van der Waals surface area contributed by atoms with E-state index in [2.05, 4.69) is 53.4 Å². The molecule has 0 aliphatic carbocycles. The molecular formula is C16H25IN4O. The molecule has 0 atom stereocenters. The summed E-state index contributed by atoms with van der Waals surface area (Å²) in [4.78, 5) is 17.6. The van der Waals surface area contributed by atoms with Crippen molar-refractivity contribution < 1.29 is 4.79 Å². The molecule has 2 N–H and O–H groups in total. The van der Waals surface area contributed by atoms with E-state index in [1.807, 2.05) is 0 Å². The number of benzene rings is 1. The Bertz CT molecular complexity index is 497. The molecule has 0 fully saturated rings. The van der Waals surface area contributed by atoms with Crippen LogP contribution in [0.1, 0.15) is 11.1 Å². The van der Waals surface area contributed by atoms with E-state index in [-0.39, 0.29) is 36.4 Å². The molecule has 1 aromatic carbocycles. The van der Waals surface area contributed by atoms with Crippen LogP contribution < -0.4 is 10.6 Å². The summed E-state index contributed by atoms with van der Waals surface area (Å²) in [5, 5.41) is 6.11. The Morgan fingerprint density at radius 3 is 2.45 bits per heavy atom. The molecule has 6 heteroatoms. The molecule has 1 rings (SSSR count). The van der Waals surface area contributed by atoms with Gasteiger partial charge in [-0.2, -0.15) is 0 Å². The number of amides is 1. The van der Waals surface area contributed by atoms with Crippen molar-refractivity contribution in [1.29, 1.82) is 0 Å². The Balaban J connectivity index is 0.00000441. The Morgan fingerprint density at radius 1 is 1.27 bits per heavy atom. The van der Waals surface area contributed by atoms with Crippen LogP contribution in [-0.2, 0) is 11.3 Å². The fraction of sp³-hybridized carbons (Fsp3) is 0.375. The number of aryl methyl sites for hydroxylation is 1. The number of nitrogens with zero attached hydrogens (tertiary/aromatic N) is 2. The standard InChI is InChI=1S/C16H24N4O.HI/c1-5-10-17-16(19-12-15(21)20(3)4)18-11-14-8-6-13(2)7-9-14;/h5-9H,1,10-12H2,2-4H3,(H2,17,18,19);1H. The summed E-state index contributed by atoms with van der Waals surface area (Å²) in [5.41, 5.74) is 2.35. The molecular weight excluding hydrogens is 391 g/mol. The normalized spacial score (nSPS) is 10.4. The van der Waals surface area contributed by atoms with Gasteiger partial charge in [0.25, 0.3) is 0 Å². The Morgan fingerprint density at radius 2 is 1.91 bits per heavy atom. The fourth-order valence-corrected chi connectivity index (χ4v) is 1.52. The van der Waals surface area contributed by atoms with E-state index in [0.29, 0.717) is 19.0 Å². The summed E-state index contributed by atoms with van der Waals surface area (Å²) < 4.78 is 0. The summed E-state index contributed by atoms with van der Waals surface area (Å²) in [7, 11) is 3.45. The van der Waals surface area contributed by atoms with Crippen molar-refractivity contribution in [3.63, 3.8) is 0 Å². The number of carbonyl (C=O) groups is 1. The lowest BCUT2D eigenvalue weighted by atomic mass is 10.1. The molecule has 0 bridgehead atoms. The van der Waals surface area contributed by atoms with E-state index in [4.69, 9.17) is 0 Å². The molecule has 0 aliphatic rings. The van der Waals surface area contributed by atoms with Gasteiger partial charge in [-0.1, -0.05) is 35.9 Å². The van der Waals surface area contributed by atoms with Crippen LogP contribution in [0.15, 0.2) is 41.9 Å². The summed E-state index contributed by atoms with van der Waals surface area (Å²) in [6, 6.07) is 8.22. The van der Waals surface area contributed by atoms with E-state index in [0.717, 1.165) is 5.56 Å². The number of hydrogen-bond donors (Lipinski definition) is 2. The molecule has 0 saturated carbocycles. The quantitative estimate of drug-likeness (QED) is 0.323. The molecule has 0 unspecified atom stereocenters. The van der Waals surface area contributed by atoms with Crippen molar-refractivity contribution in [3.8, 4) is 0 Å². The largest absolute Gasteiger partial charge is 0.353 e. The molecule has 0 radical (unpaired) electrons. The third-order valence-electron chi connectivity index (χ3n) is 2.86. The van der Waals surface area contributed by atoms with Crippen LogP contribution in [0.2, 0.25) is 0 Å². The van der Waals surface area contributed by atoms with Gasteiger partial charge in [-0.3, -0.25) is 4.79 Å². The lowest BCUT2D eigenvalue weighted by Crippen LogP contribution is -2.43. The third-order valence-corrected chi connectivity index (χ3v) is 2.86. The van der Waals surface area contributed by atoms with E-state index in [1.54, 1.807) is 20.2 Å². The zero-order chi connectivity index (χ0) is 15.7. The first-order chi connectivity index (χ1) is 10.0. The zero-order valence-corrected chi connectivity index (χ0v) is 15.8. The van der Waals surface area contributed by atoms with Crippen LogP contribution in [0.3, 0.4) is 0 Å². The van der Waals surface area contributed by atoms with Crippen molar-refractivity contribution in [3.05, 3.63) is 48.0 Å². The summed E-state index contributed by atoms with van der Waals surface area (Å²) >= 11 is 0. The lowest BCUT2D eigenvalue weighted by molar-refractivity contribution is -0.127. The summed E-state index contributed by atoms with van der Waals surface area (Å²) in [5.74, 6) is 0.601. The maximum absolute atomic E-state index is 11.6. The van der Waals surface area contributed by atoms with Gasteiger partial charge in [0, 0.05) is 20.6 Å². The topological polar surface area (TPSA) is 56.7 Å². The Hall–Kier alpha value is -1.57. The van der Waals surface area contributed by atoms with Crippen LogP contribution >= 0.6 is 24.0 Å². The van der Waals surface area contributed by atoms with E-state index >= 15 is 0 Å². The molecule has 1 aromatic rings. The first kappa shape index (κ1) is 20.4. The van der Waals surface area contributed by atoms with Gasteiger partial charge in [0.15, 0.2) is 5.96 Å². The second kappa shape index (κ2) is 11.1. The van der Waals surface area contributed by atoms with Crippen LogP contribution in [0.4, 0.5) is 0 Å². The molecule has 1 amide bonds. The maximum Gasteiger partial charge on any atom is 0.241 e. The van der Waals surface area contributed by atoms with E-state index < -0.39 is 0 Å². The summed E-state index contributed by atoms with van der Waals surface area (Å²) in [6.45, 7) is 7.08. The predicted octanol–water partition coefficient (Wildman–Crippen LogP) is 1.92. The third kappa shape index (κ3) is 8.02. The van der Waals surface area contributed by atoms with Gasteiger partial charge in [-0.25, -0.2) is 4.99 Å². The number of hydrogen-bond acceptors (Lipinski definition) is 2. The molecule has 0 heterocycles. The van der Waals surface area contributed by atoms with E-state index in [9.17, 15) is 4.79 Å². The average molecular weight is 416 g/mol. The minimum Gasteiger partial charge on any atom is -0.353 e. The molecule has 0 aliphatic heterocycles. The minimum absolute atomic E-state index is 0. The zero-order valence-electron chi connectivity index (χ0n) is 13.4. The number of guanidine groups is 1. The van der Waals surface area contributed by atoms with Gasteiger partial charge in [-0.15, -0.1) is 30.6 Å². The Labute approximate surface area is 149 Å². The number of aliphatic imine (C=N–C) groups is 1. The van der Waals surface area contributed by atoms with Crippen LogP contribution in [0.5, 0.6) is 0 Å². The van der Waals surface area contributed by atoms with Crippen LogP contribution in [0.25, 0.3) is 0 Å². The summed E-state index contributed by atoms with van der Waals surface area (Å²) in [6.07, 6.45) is 1.75. The van der Waals surface area contributed by atoms with Gasteiger partial charge in [0.2, 0.25) is 5.91 Å². The molecule has 5 nitrogen and oxygen atoms in total. The molecule has 0 saturated heterocycles. The van der Waals surface area contributed by atoms with Gasteiger partial charge in [0.1, 0.15) is 0 Å². The van der Waals surface area contributed by atoms with Crippen molar-refractivity contribution in [2.45, 2.75) is 13.5 Å². The van der Waals surface area contributed by atoms with Crippen molar-refractivity contribution in [2.24, 2.45) is 4.99 Å². The Kier molecular flexibility index (Phi) is 10.3. The minimum atomic E-state index is -0.00145. The van der Waals surface area contributed by atoms with Gasteiger partial charge in [0.05, 0.1) is 13.1 Å². The van der Waals surface area contributed by atoms with Crippen LogP contribution in [0, 0.1) is 6.92 Å². The van der Waals surface area contributed by atoms with Gasteiger partial charge >= 0.3 is 0 Å². The number of rotatable bonds is 6. The number of nitrogens with one attached hydrogen (secondary N) is 2. The second-order valence-electron chi connectivity index (χ2n) is 4.96.